The lowest BCUT2D eigenvalue weighted by atomic mass is 10.1. The number of carboxylic acid groups (broad SMARTS) is 1. The lowest BCUT2D eigenvalue weighted by Crippen LogP contribution is -2.18. The van der Waals surface area contributed by atoms with Gasteiger partial charge in [-0.25, -0.2) is 4.79 Å². The minimum atomic E-state index is -4.55. The average molecular weight is 403 g/mol. The molecule has 0 radical (unpaired) electrons. The Labute approximate surface area is 151 Å². The molecule has 0 saturated heterocycles. The third-order valence-electron chi connectivity index (χ3n) is 3.20. The summed E-state index contributed by atoms with van der Waals surface area (Å²) >= 11 is 0. The third-order valence-corrected chi connectivity index (χ3v) is 3.68. The fourth-order valence-electron chi connectivity index (χ4n) is 2.11. The van der Waals surface area contributed by atoms with Crippen molar-refractivity contribution in [1.82, 2.24) is 0 Å². The second kappa shape index (κ2) is 7.27. The number of hydrogen-bond donors (Lipinski definition) is 2. The Bertz CT molecular complexity index is 984. The number of carboxylic acids is 1. The maximum absolute atomic E-state index is 12.6. The number of aromatic carboxylic acids is 1. The summed E-state index contributed by atoms with van der Waals surface area (Å²) < 4.78 is 64.7. The predicted molar refractivity (Wildman–Crippen MR) is 88.3 cm³/mol. The number of nitrogens with one attached hydrogen (secondary N) is 1. The molecule has 2 N–H and O–H groups in total. The molecule has 0 aliphatic rings. The maximum atomic E-state index is 12.6. The monoisotopic (exact) mass is 403 g/mol. The van der Waals surface area contributed by atoms with Crippen molar-refractivity contribution in [2.24, 2.45) is 0 Å². The van der Waals surface area contributed by atoms with Gasteiger partial charge in [-0.05, 0) is 36.4 Å². The van der Waals surface area contributed by atoms with Crippen LogP contribution < -0.4 is 9.50 Å². The molecule has 2 aromatic rings. The van der Waals surface area contributed by atoms with Crippen molar-refractivity contribution in [3.05, 3.63) is 59.2 Å². The molecule has 0 saturated carbocycles. The lowest BCUT2D eigenvalue weighted by molar-refractivity contribution is -0.137. The van der Waals surface area contributed by atoms with E-state index in [0.717, 1.165) is 36.4 Å². The number of carbonyl (C=O) groups excluding carboxylic acids is 1. The van der Waals surface area contributed by atoms with E-state index < -0.39 is 50.6 Å². The molecule has 11 heteroatoms. The van der Waals surface area contributed by atoms with E-state index in [4.69, 9.17) is 0 Å². The number of amides is 1. The van der Waals surface area contributed by atoms with Crippen LogP contribution in [0.5, 0.6) is 5.75 Å². The normalized spacial score (nSPS) is 11.7. The fourth-order valence-corrected chi connectivity index (χ4v) is 2.58. The molecular weight excluding hydrogens is 391 g/mol. The Morgan fingerprint density at radius 3 is 2.15 bits per heavy atom. The SMILES string of the molecule is CS(=O)(=O)Oc1cccc(C(=O)Nc2ccc(C(F)(F)F)cc2)c1C(=O)O. The molecule has 2 rings (SSSR count). The van der Waals surface area contributed by atoms with Crippen molar-refractivity contribution < 1.29 is 40.5 Å². The van der Waals surface area contributed by atoms with Crippen LogP contribution >= 0.6 is 0 Å². The van der Waals surface area contributed by atoms with Gasteiger partial charge in [-0.15, -0.1) is 0 Å². The van der Waals surface area contributed by atoms with Crippen molar-refractivity contribution in [2.75, 3.05) is 11.6 Å². The lowest BCUT2D eigenvalue weighted by Gasteiger charge is -2.12. The van der Waals surface area contributed by atoms with Crippen molar-refractivity contribution in [1.29, 1.82) is 0 Å². The summed E-state index contributed by atoms with van der Waals surface area (Å²) in [6.45, 7) is 0. The van der Waals surface area contributed by atoms with Crippen LogP contribution in [0.2, 0.25) is 0 Å². The van der Waals surface area contributed by atoms with Gasteiger partial charge in [-0.1, -0.05) is 6.07 Å². The van der Waals surface area contributed by atoms with Gasteiger partial charge in [0.2, 0.25) is 0 Å². The standard InChI is InChI=1S/C16H12F3NO6S/c1-27(24,25)26-12-4-2-3-11(13(12)15(22)23)14(21)20-10-7-5-9(6-8-10)16(17,18)19/h2-8H,1H3,(H,20,21)(H,22,23). The number of hydrogen-bond acceptors (Lipinski definition) is 5. The molecule has 0 bridgehead atoms. The Kier molecular flexibility index (Phi) is 5.45. The molecule has 0 fully saturated rings. The molecule has 0 atom stereocenters. The van der Waals surface area contributed by atoms with Crippen LogP contribution in [0.25, 0.3) is 0 Å². The summed E-state index contributed by atoms with van der Waals surface area (Å²) in [5.41, 5.74) is -2.06. The van der Waals surface area contributed by atoms with Crippen LogP contribution in [-0.4, -0.2) is 31.7 Å². The van der Waals surface area contributed by atoms with Crippen LogP contribution in [-0.2, 0) is 16.3 Å². The van der Waals surface area contributed by atoms with E-state index in [1.807, 2.05) is 0 Å². The first kappa shape index (κ1) is 20.2. The van der Waals surface area contributed by atoms with Gasteiger partial charge in [0.25, 0.3) is 5.91 Å². The minimum Gasteiger partial charge on any atom is -0.478 e. The van der Waals surface area contributed by atoms with Crippen molar-refractivity contribution >= 4 is 27.7 Å². The number of rotatable bonds is 5. The van der Waals surface area contributed by atoms with Crippen molar-refractivity contribution in [2.45, 2.75) is 6.18 Å². The average Bonchev–Trinajstić information content (AvgIpc) is 2.52. The van der Waals surface area contributed by atoms with Gasteiger partial charge in [0.05, 0.1) is 17.4 Å². The summed E-state index contributed by atoms with van der Waals surface area (Å²) in [4.78, 5) is 23.8. The molecule has 0 aromatic heterocycles. The molecule has 0 spiro atoms. The van der Waals surface area contributed by atoms with Crippen LogP contribution in [0, 0.1) is 0 Å². The molecule has 7 nitrogen and oxygen atoms in total. The molecule has 0 unspecified atom stereocenters. The quantitative estimate of drug-likeness (QED) is 0.743. The summed E-state index contributed by atoms with van der Waals surface area (Å²) in [5, 5.41) is 11.6. The molecule has 1 amide bonds. The Morgan fingerprint density at radius 2 is 1.67 bits per heavy atom. The van der Waals surface area contributed by atoms with Crippen molar-refractivity contribution in [3.63, 3.8) is 0 Å². The molecular formula is C16H12F3NO6S. The zero-order chi connectivity index (χ0) is 20.4. The molecule has 0 heterocycles. The summed E-state index contributed by atoms with van der Waals surface area (Å²) in [6, 6.07) is 6.86. The van der Waals surface area contributed by atoms with Crippen LogP contribution in [0.15, 0.2) is 42.5 Å². The van der Waals surface area contributed by atoms with E-state index in [9.17, 15) is 36.3 Å². The highest BCUT2D eigenvalue weighted by Crippen LogP contribution is 2.30. The highest BCUT2D eigenvalue weighted by atomic mass is 32.2. The van der Waals surface area contributed by atoms with Crippen LogP contribution in [0.4, 0.5) is 18.9 Å². The van der Waals surface area contributed by atoms with Gasteiger partial charge in [0.1, 0.15) is 5.56 Å². The fraction of sp³-hybridized carbons (Fsp3) is 0.125. The van der Waals surface area contributed by atoms with E-state index in [0.29, 0.717) is 6.26 Å². The number of benzene rings is 2. The van der Waals surface area contributed by atoms with Crippen molar-refractivity contribution in [3.8, 4) is 5.75 Å². The second-order valence-electron chi connectivity index (χ2n) is 5.30. The van der Waals surface area contributed by atoms with Gasteiger partial charge in [-0.3, -0.25) is 4.79 Å². The van der Waals surface area contributed by atoms with Crippen LogP contribution in [0.3, 0.4) is 0 Å². The molecule has 144 valence electrons. The maximum Gasteiger partial charge on any atom is 0.416 e. The first-order chi connectivity index (χ1) is 12.4. The van der Waals surface area contributed by atoms with Gasteiger partial charge in [0, 0.05) is 5.69 Å². The second-order valence-corrected chi connectivity index (χ2v) is 6.88. The summed E-state index contributed by atoms with van der Waals surface area (Å²) in [7, 11) is -4.05. The topological polar surface area (TPSA) is 110 Å². The molecule has 2 aromatic carbocycles. The highest BCUT2D eigenvalue weighted by molar-refractivity contribution is 7.86. The third kappa shape index (κ3) is 5.20. The zero-order valence-electron chi connectivity index (χ0n) is 13.6. The Balaban J connectivity index is 2.36. The Morgan fingerprint density at radius 1 is 1.07 bits per heavy atom. The van der Waals surface area contributed by atoms with Crippen LogP contribution in [0.1, 0.15) is 26.3 Å². The van der Waals surface area contributed by atoms with Gasteiger partial charge in [-0.2, -0.15) is 21.6 Å². The minimum absolute atomic E-state index is 0.0150. The molecule has 0 aliphatic carbocycles. The number of carbonyl (C=O) groups is 2. The number of halogens is 3. The first-order valence-electron chi connectivity index (χ1n) is 7.13. The first-order valence-corrected chi connectivity index (χ1v) is 8.94. The van der Waals surface area contributed by atoms with Gasteiger partial charge < -0.3 is 14.6 Å². The zero-order valence-corrected chi connectivity index (χ0v) is 14.4. The van der Waals surface area contributed by atoms with E-state index >= 15 is 0 Å². The van der Waals surface area contributed by atoms with E-state index in [-0.39, 0.29) is 5.69 Å². The highest BCUT2D eigenvalue weighted by Gasteiger charge is 2.30. The Hall–Kier alpha value is -3.08. The van der Waals surface area contributed by atoms with E-state index in [2.05, 4.69) is 9.50 Å². The summed E-state index contributed by atoms with van der Waals surface area (Å²) in [5.74, 6) is -3.15. The van der Waals surface area contributed by atoms with E-state index in [1.165, 1.54) is 6.07 Å². The largest absolute Gasteiger partial charge is 0.478 e. The van der Waals surface area contributed by atoms with E-state index in [1.54, 1.807) is 0 Å². The molecule has 0 aliphatic heterocycles. The predicted octanol–water partition coefficient (Wildman–Crippen LogP) is 2.99. The smallest absolute Gasteiger partial charge is 0.416 e. The molecule has 27 heavy (non-hydrogen) atoms. The number of alkyl halides is 3. The van der Waals surface area contributed by atoms with Gasteiger partial charge >= 0.3 is 22.3 Å². The summed E-state index contributed by atoms with van der Waals surface area (Å²) in [6.07, 6.45) is -3.84. The number of anilines is 1. The van der Waals surface area contributed by atoms with Gasteiger partial charge in [0.15, 0.2) is 5.75 Å².